The quantitative estimate of drug-likeness (QED) is 0.520. The highest BCUT2D eigenvalue weighted by molar-refractivity contribution is 5.86. The zero-order chi connectivity index (χ0) is 25.2. The lowest BCUT2D eigenvalue weighted by Gasteiger charge is -2.37. The van der Waals surface area contributed by atoms with E-state index < -0.39 is 6.09 Å². The Labute approximate surface area is 209 Å². The largest absolute Gasteiger partial charge is 0.465 e. The van der Waals surface area contributed by atoms with E-state index in [2.05, 4.69) is 53.5 Å². The highest BCUT2D eigenvalue weighted by Gasteiger charge is 2.29. The maximum Gasteiger partial charge on any atom is 0.408 e. The number of carbonyl (C=O) groups is 1. The third kappa shape index (κ3) is 6.09. The summed E-state index contributed by atoms with van der Waals surface area (Å²) in [6.45, 7) is 12.2. The van der Waals surface area contributed by atoms with Crippen molar-refractivity contribution in [3.8, 4) is 0 Å². The van der Waals surface area contributed by atoms with Gasteiger partial charge >= 0.3 is 6.09 Å². The number of nitrogens with zero attached hydrogens (tertiary/aromatic N) is 5. The highest BCUT2D eigenvalue weighted by atomic mass is 16.5. The maximum atomic E-state index is 12.1. The van der Waals surface area contributed by atoms with Crippen molar-refractivity contribution in [3.05, 3.63) is 23.9 Å². The van der Waals surface area contributed by atoms with Crippen LogP contribution in [-0.2, 0) is 11.3 Å². The van der Waals surface area contributed by atoms with Gasteiger partial charge in [0.1, 0.15) is 0 Å². The molecule has 1 N–H and O–H groups in total. The zero-order valence-electron chi connectivity index (χ0n) is 22.2. The summed E-state index contributed by atoms with van der Waals surface area (Å²) in [6.07, 6.45) is 5.77. The first-order valence-electron chi connectivity index (χ1n) is 13.2. The van der Waals surface area contributed by atoms with E-state index in [0.29, 0.717) is 13.1 Å². The van der Waals surface area contributed by atoms with Crippen molar-refractivity contribution in [1.82, 2.24) is 19.6 Å². The molecular formula is C27H43N5O3. The van der Waals surface area contributed by atoms with Gasteiger partial charge in [-0.25, -0.2) is 9.48 Å². The second-order valence-electron chi connectivity index (χ2n) is 11.5. The third-order valence-electron chi connectivity index (χ3n) is 7.29. The SMILES string of the molecule is CC(N(C)Cc1nn(C2CCCCO2)c2ccc(N3CCCCC3)cc12)N(CC(C)(C)C)C(=O)O. The summed E-state index contributed by atoms with van der Waals surface area (Å²) >= 11 is 0. The van der Waals surface area contributed by atoms with Gasteiger partial charge in [-0.15, -0.1) is 0 Å². The minimum absolute atomic E-state index is 0.0417. The van der Waals surface area contributed by atoms with Crippen molar-refractivity contribution < 1.29 is 14.6 Å². The van der Waals surface area contributed by atoms with E-state index in [1.165, 1.54) is 29.8 Å². The van der Waals surface area contributed by atoms with Crippen LogP contribution < -0.4 is 4.90 Å². The van der Waals surface area contributed by atoms with Crippen LogP contribution in [0.25, 0.3) is 10.9 Å². The lowest BCUT2D eigenvalue weighted by atomic mass is 9.96. The molecule has 8 nitrogen and oxygen atoms in total. The predicted molar refractivity (Wildman–Crippen MR) is 140 cm³/mol. The number of fused-ring (bicyclic) bond motifs is 1. The van der Waals surface area contributed by atoms with Gasteiger partial charge in [-0.1, -0.05) is 20.8 Å². The van der Waals surface area contributed by atoms with Crippen LogP contribution in [-0.4, -0.2) is 70.2 Å². The van der Waals surface area contributed by atoms with E-state index in [0.717, 1.165) is 55.6 Å². The average Bonchev–Trinajstić information content (AvgIpc) is 3.20. The summed E-state index contributed by atoms with van der Waals surface area (Å²) < 4.78 is 8.16. The molecule has 0 bridgehead atoms. The second-order valence-corrected chi connectivity index (χ2v) is 11.5. The Morgan fingerprint density at radius 1 is 1.20 bits per heavy atom. The molecule has 2 aliphatic rings. The number of hydrogen-bond acceptors (Lipinski definition) is 5. The Hall–Kier alpha value is -2.32. The Morgan fingerprint density at radius 3 is 2.57 bits per heavy atom. The minimum Gasteiger partial charge on any atom is -0.465 e. The molecule has 8 heteroatoms. The molecule has 3 heterocycles. The second kappa shape index (κ2) is 10.7. The number of aromatic nitrogens is 2. The molecule has 1 aromatic carbocycles. The Bertz CT molecular complexity index is 1000. The number of amides is 1. The van der Waals surface area contributed by atoms with Crippen LogP contribution in [0.1, 0.15) is 78.1 Å². The first-order chi connectivity index (χ1) is 16.6. The smallest absolute Gasteiger partial charge is 0.408 e. The number of hydrogen-bond donors (Lipinski definition) is 1. The van der Waals surface area contributed by atoms with Gasteiger partial charge in [0.2, 0.25) is 0 Å². The summed E-state index contributed by atoms with van der Waals surface area (Å²) in [5, 5.41) is 16.1. The predicted octanol–water partition coefficient (Wildman–Crippen LogP) is 5.53. The van der Waals surface area contributed by atoms with Gasteiger partial charge in [0.25, 0.3) is 0 Å². The maximum absolute atomic E-state index is 12.1. The molecule has 0 saturated carbocycles. The van der Waals surface area contributed by atoms with Crippen molar-refractivity contribution in [1.29, 1.82) is 0 Å². The highest BCUT2D eigenvalue weighted by Crippen LogP contribution is 2.32. The van der Waals surface area contributed by atoms with E-state index in [4.69, 9.17) is 9.84 Å². The van der Waals surface area contributed by atoms with Gasteiger partial charge in [-0.05, 0) is 76.1 Å². The van der Waals surface area contributed by atoms with Gasteiger partial charge in [0.15, 0.2) is 6.23 Å². The lowest BCUT2D eigenvalue weighted by Crippen LogP contribution is -2.50. The number of anilines is 1. The number of benzene rings is 1. The fourth-order valence-electron chi connectivity index (χ4n) is 5.27. The van der Waals surface area contributed by atoms with Crippen molar-refractivity contribution >= 4 is 22.7 Å². The molecule has 1 amide bonds. The molecule has 2 aliphatic heterocycles. The zero-order valence-corrected chi connectivity index (χ0v) is 22.2. The summed E-state index contributed by atoms with van der Waals surface area (Å²) in [6, 6.07) is 6.70. The molecule has 2 aromatic rings. The molecule has 35 heavy (non-hydrogen) atoms. The monoisotopic (exact) mass is 485 g/mol. The fourth-order valence-corrected chi connectivity index (χ4v) is 5.27. The molecule has 2 fully saturated rings. The van der Waals surface area contributed by atoms with Crippen LogP contribution in [0.3, 0.4) is 0 Å². The molecule has 1 aromatic heterocycles. The van der Waals surface area contributed by atoms with E-state index in [1.54, 1.807) is 0 Å². The number of ether oxygens (including phenoxy) is 1. The number of carboxylic acid groups (broad SMARTS) is 1. The molecule has 2 atom stereocenters. The van der Waals surface area contributed by atoms with E-state index >= 15 is 0 Å². The normalized spacial score (nSPS) is 20.4. The first kappa shape index (κ1) is 25.8. The molecule has 0 spiro atoms. The molecule has 194 valence electrons. The van der Waals surface area contributed by atoms with Crippen LogP contribution in [0.4, 0.5) is 10.5 Å². The van der Waals surface area contributed by atoms with Crippen LogP contribution in [0.15, 0.2) is 18.2 Å². The Kier molecular flexibility index (Phi) is 7.91. The van der Waals surface area contributed by atoms with Crippen molar-refractivity contribution in [2.24, 2.45) is 5.41 Å². The van der Waals surface area contributed by atoms with Crippen LogP contribution >= 0.6 is 0 Å². The molecular weight excluding hydrogens is 442 g/mol. The molecule has 0 radical (unpaired) electrons. The van der Waals surface area contributed by atoms with E-state index in [1.807, 2.05) is 14.0 Å². The van der Waals surface area contributed by atoms with Gasteiger partial charge in [-0.3, -0.25) is 9.80 Å². The molecule has 2 unspecified atom stereocenters. The summed E-state index contributed by atoms with van der Waals surface area (Å²) in [5.41, 5.74) is 3.20. The summed E-state index contributed by atoms with van der Waals surface area (Å²) in [5.74, 6) is 0. The lowest BCUT2D eigenvalue weighted by molar-refractivity contribution is -0.0371. The van der Waals surface area contributed by atoms with Gasteiger partial charge in [-0.2, -0.15) is 5.10 Å². The summed E-state index contributed by atoms with van der Waals surface area (Å²) in [7, 11) is 1.99. The Balaban J connectivity index is 1.65. The third-order valence-corrected chi connectivity index (χ3v) is 7.29. The van der Waals surface area contributed by atoms with E-state index in [9.17, 15) is 9.90 Å². The molecule has 2 saturated heterocycles. The molecule has 4 rings (SSSR count). The fraction of sp³-hybridized carbons (Fsp3) is 0.704. The first-order valence-corrected chi connectivity index (χ1v) is 13.2. The topological polar surface area (TPSA) is 74.1 Å². The van der Waals surface area contributed by atoms with Crippen molar-refractivity contribution in [3.63, 3.8) is 0 Å². The van der Waals surface area contributed by atoms with Crippen LogP contribution in [0, 0.1) is 5.41 Å². The van der Waals surface area contributed by atoms with Crippen LogP contribution in [0.5, 0.6) is 0 Å². The Morgan fingerprint density at radius 2 is 1.94 bits per heavy atom. The van der Waals surface area contributed by atoms with E-state index in [-0.39, 0.29) is 17.8 Å². The number of piperidine rings is 1. The van der Waals surface area contributed by atoms with Crippen molar-refractivity contribution in [2.75, 3.05) is 38.2 Å². The molecule has 0 aliphatic carbocycles. The standard InChI is InChI=1S/C27H43N5O3/c1-20(31(26(33)34)19-27(2,3)4)29(5)18-23-22-17-21(30-14-8-6-9-15-30)12-13-24(22)32(28-23)25-11-7-10-16-35-25/h12-13,17,20,25H,6-11,14-16,18-19H2,1-5H3,(H,33,34). The van der Waals surface area contributed by atoms with Crippen LogP contribution in [0.2, 0.25) is 0 Å². The van der Waals surface area contributed by atoms with Gasteiger partial charge in [0, 0.05) is 43.9 Å². The average molecular weight is 486 g/mol. The van der Waals surface area contributed by atoms with Gasteiger partial charge < -0.3 is 14.7 Å². The number of rotatable bonds is 7. The summed E-state index contributed by atoms with van der Waals surface area (Å²) in [4.78, 5) is 18.2. The van der Waals surface area contributed by atoms with Gasteiger partial charge in [0.05, 0.1) is 17.4 Å². The minimum atomic E-state index is -0.891. The van der Waals surface area contributed by atoms with Crippen molar-refractivity contribution in [2.45, 2.75) is 85.2 Å².